The van der Waals surface area contributed by atoms with Crippen molar-refractivity contribution in [3.63, 3.8) is 0 Å². The highest BCUT2D eigenvalue weighted by Gasteiger charge is 2.25. The zero-order chi connectivity index (χ0) is 28.7. The number of fused-ring (bicyclic) bond motifs is 1. The molecule has 1 aromatic heterocycles. The summed E-state index contributed by atoms with van der Waals surface area (Å²) in [6.45, 7) is 2.76. The second kappa shape index (κ2) is 13.0. The summed E-state index contributed by atoms with van der Waals surface area (Å²) < 4.78 is 39.7. The van der Waals surface area contributed by atoms with Crippen molar-refractivity contribution >= 4 is 32.3 Å². The molecule has 0 saturated carbocycles. The normalized spacial score (nSPS) is 12.3. The lowest BCUT2D eigenvalue weighted by atomic mass is 10.1. The van der Waals surface area contributed by atoms with E-state index >= 15 is 0 Å². The van der Waals surface area contributed by atoms with E-state index < -0.39 is 10.0 Å². The first-order valence-corrected chi connectivity index (χ1v) is 14.7. The van der Waals surface area contributed by atoms with Crippen LogP contribution < -0.4 is 19.7 Å². The number of rotatable bonds is 13. The molecular weight excluding hydrogens is 524 g/mol. The van der Waals surface area contributed by atoms with Crippen molar-refractivity contribution in [2.75, 3.05) is 45.1 Å². The predicted molar refractivity (Wildman–Crippen MR) is 162 cm³/mol. The van der Waals surface area contributed by atoms with Crippen LogP contribution in [0.5, 0.6) is 11.5 Å². The Morgan fingerprint density at radius 2 is 1.62 bits per heavy atom. The Morgan fingerprint density at radius 1 is 0.925 bits per heavy atom. The fourth-order valence-corrected chi connectivity index (χ4v) is 6.05. The van der Waals surface area contributed by atoms with E-state index in [1.807, 2.05) is 67.5 Å². The zero-order valence-corrected chi connectivity index (χ0v) is 24.6. The van der Waals surface area contributed by atoms with Crippen LogP contribution in [0, 0.1) is 0 Å². The van der Waals surface area contributed by atoms with Crippen LogP contribution in [0.25, 0.3) is 10.9 Å². The van der Waals surface area contributed by atoms with Gasteiger partial charge in [-0.2, -0.15) is 4.31 Å². The van der Waals surface area contributed by atoms with Crippen molar-refractivity contribution in [1.82, 2.24) is 9.29 Å². The SMILES string of the molecule is COc1ccc(S(=O)(=O)N(CCCC(C)Nc2cc(OC)cc3cccnc23)Cc2ccc(N(C)C)cc2)cc1. The highest BCUT2D eigenvalue weighted by Crippen LogP contribution is 2.29. The van der Waals surface area contributed by atoms with Crippen LogP contribution in [-0.2, 0) is 16.6 Å². The van der Waals surface area contributed by atoms with Crippen LogP contribution in [-0.4, -0.2) is 58.6 Å². The quantitative estimate of drug-likeness (QED) is 0.221. The lowest BCUT2D eigenvalue weighted by Crippen LogP contribution is -2.32. The number of pyridine rings is 1. The van der Waals surface area contributed by atoms with Crippen molar-refractivity contribution in [2.24, 2.45) is 0 Å². The molecule has 0 radical (unpaired) electrons. The summed E-state index contributed by atoms with van der Waals surface area (Å²) in [6.07, 6.45) is 3.21. The monoisotopic (exact) mass is 562 g/mol. The molecule has 1 atom stereocenters. The topological polar surface area (TPSA) is 84.0 Å². The Labute approximate surface area is 237 Å². The molecule has 0 fully saturated rings. The predicted octanol–water partition coefficient (Wildman–Crippen LogP) is 5.79. The van der Waals surface area contributed by atoms with E-state index in [2.05, 4.69) is 17.2 Å². The van der Waals surface area contributed by atoms with Crippen LogP contribution in [0.15, 0.2) is 83.9 Å². The van der Waals surface area contributed by atoms with E-state index in [-0.39, 0.29) is 17.5 Å². The van der Waals surface area contributed by atoms with Crippen LogP contribution in [0.1, 0.15) is 25.3 Å². The molecule has 40 heavy (non-hydrogen) atoms. The molecule has 0 aliphatic carbocycles. The van der Waals surface area contributed by atoms with Crippen molar-refractivity contribution in [2.45, 2.75) is 37.2 Å². The van der Waals surface area contributed by atoms with Crippen LogP contribution >= 0.6 is 0 Å². The first-order chi connectivity index (χ1) is 19.2. The Hall–Kier alpha value is -3.82. The number of nitrogens with one attached hydrogen (secondary N) is 1. The molecule has 9 heteroatoms. The standard InChI is InChI=1S/C31H38N4O4S/c1-23(33-30-21-28(39-5)20-25-9-6-18-32-31(25)30)8-7-19-35(22-24-10-12-26(13-11-24)34(2)3)40(36,37)29-16-14-27(38-4)15-17-29/h6,9-18,20-21,23,33H,7-8,19,22H2,1-5H3. The number of hydrogen-bond donors (Lipinski definition) is 1. The highest BCUT2D eigenvalue weighted by atomic mass is 32.2. The van der Waals surface area contributed by atoms with Crippen molar-refractivity contribution in [3.05, 3.63) is 84.6 Å². The van der Waals surface area contributed by atoms with Gasteiger partial charge in [0, 0.05) is 56.6 Å². The van der Waals surface area contributed by atoms with Gasteiger partial charge >= 0.3 is 0 Å². The first-order valence-electron chi connectivity index (χ1n) is 13.3. The molecular formula is C31H38N4O4S. The van der Waals surface area contributed by atoms with E-state index in [1.54, 1.807) is 49.0 Å². The maximum atomic E-state index is 13.7. The van der Waals surface area contributed by atoms with Crippen LogP contribution in [0.4, 0.5) is 11.4 Å². The number of ether oxygens (including phenoxy) is 2. The minimum atomic E-state index is -3.72. The molecule has 1 unspecified atom stereocenters. The molecule has 0 aliphatic heterocycles. The molecule has 0 aliphatic rings. The molecule has 0 saturated heterocycles. The fraction of sp³-hybridized carbons (Fsp3) is 0.323. The fourth-order valence-electron chi connectivity index (χ4n) is 4.59. The van der Waals surface area contributed by atoms with Gasteiger partial charge in [-0.05, 0) is 73.9 Å². The van der Waals surface area contributed by atoms with Gasteiger partial charge in [-0.25, -0.2) is 8.42 Å². The smallest absolute Gasteiger partial charge is 0.243 e. The molecule has 8 nitrogen and oxygen atoms in total. The van der Waals surface area contributed by atoms with Gasteiger partial charge in [-0.1, -0.05) is 18.2 Å². The second-order valence-electron chi connectivity index (χ2n) is 10.0. The number of benzene rings is 3. The van der Waals surface area contributed by atoms with E-state index in [0.29, 0.717) is 18.7 Å². The van der Waals surface area contributed by atoms with E-state index in [0.717, 1.165) is 40.0 Å². The molecule has 1 heterocycles. The molecule has 212 valence electrons. The first kappa shape index (κ1) is 29.2. The van der Waals surface area contributed by atoms with Gasteiger partial charge in [0.05, 0.1) is 30.3 Å². The molecule has 0 bridgehead atoms. The van der Waals surface area contributed by atoms with Crippen LogP contribution in [0.2, 0.25) is 0 Å². The van der Waals surface area contributed by atoms with Crippen LogP contribution in [0.3, 0.4) is 0 Å². The van der Waals surface area contributed by atoms with Gasteiger partial charge in [0.2, 0.25) is 10.0 Å². The van der Waals surface area contributed by atoms with Gasteiger partial charge in [0.1, 0.15) is 11.5 Å². The summed E-state index contributed by atoms with van der Waals surface area (Å²) in [6, 6.07) is 22.4. The van der Waals surface area contributed by atoms with Gasteiger partial charge in [-0.3, -0.25) is 4.98 Å². The van der Waals surface area contributed by atoms with E-state index in [4.69, 9.17) is 9.47 Å². The summed E-state index contributed by atoms with van der Waals surface area (Å²) in [5.74, 6) is 1.37. The third-order valence-electron chi connectivity index (χ3n) is 6.87. The Balaban J connectivity index is 1.49. The second-order valence-corrected chi connectivity index (χ2v) is 12.0. The summed E-state index contributed by atoms with van der Waals surface area (Å²) >= 11 is 0. The van der Waals surface area contributed by atoms with E-state index in [9.17, 15) is 8.42 Å². The minimum absolute atomic E-state index is 0.0854. The Morgan fingerprint density at radius 3 is 2.27 bits per heavy atom. The molecule has 1 N–H and O–H groups in total. The number of hydrogen-bond acceptors (Lipinski definition) is 7. The van der Waals surface area contributed by atoms with Gasteiger partial charge in [0.25, 0.3) is 0 Å². The summed E-state index contributed by atoms with van der Waals surface area (Å²) in [7, 11) is 3.45. The zero-order valence-electron chi connectivity index (χ0n) is 23.8. The van der Waals surface area contributed by atoms with Gasteiger partial charge < -0.3 is 19.7 Å². The average molecular weight is 563 g/mol. The third kappa shape index (κ3) is 7.03. The molecule has 4 rings (SSSR count). The number of nitrogens with zero attached hydrogens (tertiary/aromatic N) is 3. The molecule has 3 aromatic carbocycles. The average Bonchev–Trinajstić information content (AvgIpc) is 2.96. The summed E-state index contributed by atoms with van der Waals surface area (Å²) in [5.41, 5.74) is 3.77. The Bertz CT molecular complexity index is 1510. The van der Waals surface area contributed by atoms with Crippen molar-refractivity contribution in [3.8, 4) is 11.5 Å². The largest absolute Gasteiger partial charge is 0.497 e. The highest BCUT2D eigenvalue weighted by molar-refractivity contribution is 7.89. The molecule has 4 aromatic rings. The maximum Gasteiger partial charge on any atom is 0.243 e. The van der Waals surface area contributed by atoms with Gasteiger partial charge in [0.15, 0.2) is 0 Å². The number of aromatic nitrogens is 1. The number of anilines is 2. The van der Waals surface area contributed by atoms with Gasteiger partial charge in [-0.15, -0.1) is 0 Å². The summed E-state index contributed by atoms with van der Waals surface area (Å²) in [5, 5.41) is 4.55. The molecule has 0 spiro atoms. The number of methoxy groups -OCH3 is 2. The third-order valence-corrected chi connectivity index (χ3v) is 8.73. The Kier molecular flexibility index (Phi) is 9.50. The summed E-state index contributed by atoms with van der Waals surface area (Å²) in [4.78, 5) is 6.81. The maximum absolute atomic E-state index is 13.7. The van der Waals surface area contributed by atoms with Crippen molar-refractivity contribution < 1.29 is 17.9 Å². The van der Waals surface area contributed by atoms with E-state index in [1.165, 1.54) is 0 Å². The lowest BCUT2D eigenvalue weighted by Gasteiger charge is -2.24. The lowest BCUT2D eigenvalue weighted by molar-refractivity contribution is 0.391. The number of sulfonamides is 1. The van der Waals surface area contributed by atoms with Crippen molar-refractivity contribution in [1.29, 1.82) is 0 Å². The molecule has 0 amide bonds. The minimum Gasteiger partial charge on any atom is -0.497 e.